The molecule has 0 saturated heterocycles. The van der Waals surface area contributed by atoms with Gasteiger partial charge in [0.25, 0.3) is 0 Å². The zero-order valence-corrected chi connectivity index (χ0v) is 7.34. The van der Waals surface area contributed by atoms with Crippen molar-refractivity contribution in [3.8, 4) is 12.3 Å². The molecule has 1 heterocycles. The quantitative estimate of drug-likeness (QED) is 0.536. The second-order valence-corrected chi connectivity index (χ2v) is 1.70. The molecule has 0 aromatic carbocycles. The van der Waals surface area contributed by atoms with Crippen molar-refractivity contribution in [2.45, 2.75) is 0 Å². The Hall–Kier alpha value is -1.67. The molecule has 0 radical (unpaired) electrons. The Labute approximate surface area is 87.7 Å². The first-order valence-corrected chi connectivity index (χ1v) is 2.68. The van der Waals surface area contributed by atoms with Crippen molar-refractivity contribution in [2.75, 3.05) is 0 Å². The maximum atomic E-state index is 10.2. The first-order chi connectivity index (χ1) is 5.70. The molecule has 13 heavy (non-hydrogen) atoms. The fourth-order valence-electron chi connectivity index (χ4n) is 0.590. The first kappa shape index (κ1) is 11.3. The topological polar surface area (TPSA) is 118 Å². The van der Waals surface area contributed by atoms with Crippen LogP contribution in [-0.4, -0.2) is 21.0 Å². The van der Waals surface area contributed by atoms with Gasteiger partial charge in [-0.05, 0) is 0 Å². The van der Waals surface area contributed by atoms with Crippen LogP contribution in [0.15, 0.2) is 0 Å². The smallest absolute Gasteiger partial charge is 0.543 e. The Bertz CT molecular complexity index is 412. The van der Waals surface area contributed by atoms with Gasteiger partial charge in [0.2, 0.25) is 6.19 Å². The van der Waals surface area contributed by atoms with E-state index in [-0.39, 0.29) is 22.4 Å². The van der Waals surface area contributed by atoms with Gasteiger partial charge in [0, 0.05) is 0 Å². The van der Waals surface area contributed by atoms with E-state index in [0.29, 0.717) is 4.68 Å². The summed E-state index contributed by atoms with van der Waals surface area (Å²) in [6.07, 6.45) is 1.45. The van der Waals surface area contributed by atoms with Gasteiger partial charge in [-0.1, -0.05) is 5.21 Å². The molecule has 0 amide bonds. The summed E-state index contributed by atoms with van der Waals surface area (Å²) in [7, 11) is 0. The number of hydrogen-bond acceptors (Lipinski definition) is 6. The van der Waals surface area contributed by atoms with Gasteiger partial charge in [-0.25, -0.2) is 0 Å². The predicted octanol–water partition coefficient (Wildman–Crippen LogP) is -2.16. The van der Waals surface area contributed by atoms with Gasteiger partial charge in [-0.15, -0.1) is 9.78 Å². The number of nitrogens with zero attached hydrogens (tertiary/aromatic N) is 5. The summed E-state index contributed by atoms with van der Waals surface area (Å²) in [4.78, 5) is 10.2. The molecule has 0 bridgehead atoms. The minimum absolute atomic E-state index is 0. The first-order valence-electron chi connectivity index (χ1n) is 2.68. The third-order valence-electron chi connectivity index (χ3n) is 1.06. The maximum Gasteiger partial charge on any atom is 1.00 e. The van der Waals surface area contributed by atoms with E-state index in [9.17, 15) is 9.90 Å². The third kappa shape index (κ3) is 1.92. The molecule has 1 aromatic heterocycles. The molecular weight excluding hydrogens is 270 g/mol. The standard InChI is InChI=1S/C5HN5O2.Ag/c6-1-3-4(5(11)12)8-9-10(3)2-7;/h(H,11,12);/q;+1/p-1. The van der Waals surface area contributed by atoms with Crippen LogP contribution >= 0.6 is 0 Å². The van der Waals surface area contributed by atoms with Gasteiger partial charge in [-0.2, -0.15) is 10.5 Å². The summed E-state index contributed by atoms with van der Waals surface area (Å²) in [5, 5.41) is 33.0. The zero-order valence-electron chi connectivity index (χ0n) is 5.85. The largest absolute Gasteiger partial charge is 1.00 e. The Morgan fingerprint density at radius 2 is 2.15 bits per heavy atom. The van der Waals surface area contributed by atoms with Crippen molar-refractivity contribution < 1.29 is 32.3 Å². The molecule has 7 nitrogen and oxygen atoms in total. The molecule has 0 N–H and O–H groups in total. The van der Waals surface area contributed by atoms with Gasteiger partial charge < -0.3 is 9.90 Å². The number of aromatic carboxylic acids is 1. The number of nitriles is 2. The number of carboxylic acids is 1. The van der Waals surface area contributed by atoms with Crippen LogP contribution in [0.25, 0.3) is 0 Å². The minimum atomic E-state index is -1.63. The summed E-state index contributed by atoms with van der Waals surface area (Å²) < 4.78 is 0.505. The van der Waals surface area contributed by atoms with E-state index in [0.717, 1.165) is 0 Å². The van der Waals surface area contributed by atoms with Crippen molar-refractivity contribution in [1.82, 2.24) is 15.0 Å². The normalized spacial score (nSPS) is 7.85. The van der Waals surface area contributed by atoms with E-state index < -0.39 is 17.4 Å². The van der Waals surface area contributed by atoms with Crippen LogP contribution in [0.3, 0.4) is 0 Å². The summed E-state index contributed by atoms with van der Waals surface area (Å²) in [5.41, 5.74) is -1.06. The molecular formula is C5AgN5O2. The van der Waals surface area contributed by atoms with E-state index in [1.807, 2.05) is 0 Å². The SMILES string of the molecule is N#Cc1c(C(=O)[O-])nnn1C#N.[Ag+]. The van der Waals surface area contributed by atoms with Crippen LogP contribution in [0, 0.1) is 22.8 Å². The van der Waals surface area contributed by atoms with Crippen LogP contribution in [0.4, 0.5) is 0 Å². The van der Waals surface area contributed by atoms with E-state index >= 15 is 0 Å². The Morgan fingerprint density at radius 3 is 2.54 bits per heavy atom. The van der Waals surface area contributed by atoms with E-state index in [1.165, 1.54) is 12.3 Å². The summed E-state index contributed by atoms with van der Waals surface area (Å²) in [6, 6.07) is 1.47. The molecule has 0 spiro atoms. The number of hydrogen-bond donors (Lipinski definition) is 0. The van der Waals surface area contributed by atoms with Crippen molar-refractivity contribution >= 4 is 5.97 Å². The van der Waals surface area contributed by atoms with Gasteiger partial charge in [-0.3, -0.25) is 0 Å². The Kier molecular flexibility index (Phi) is 3.82. The molecule has 0 aliphatic heterocycles. The Morgan fingerprint density at radius 1 is 1.54 bits per heavy atom. The fourth-order valence-corrected chi connectivity index (χ4v) is 0.590. The molecule has 0 unspecified atom stereocenters. The van der Waals surface area contributed by atoms with Crippen LogP contribution in [-0.2, 0) is 22.4 Å². The molecule has 1 rings (SSSR count). The molecule has 0 aliphatic rings. The minimum Gasteiger partial charge on any atom is -0.543 e. The van der Waals surface area contributed by atoms with Gasteiger partial charge in [0.1, 0.15) is 11.8 Å². The van der Waals surface area contributed by atoms with Crippen molar-refractivity contribution in [3.63, 3.8) is 0 Å². The fraction of sp³-hybridized carbons (Fsp3) is 0. The average Bonchev–Trinajstić information content (AvgIpc) is 2.46. The molecule has 0 fully saturated rings. The zero-order chi connectivity index (χ0) is 9.14. The Balaban J connectivity index is 0.00000144. The second kappa shape index (κ2) is 4.38. The summed E-state index contributed by atoms with van der Waals surface area (Å²) >= 11 is 0. The average molecular weight is 270 g/mol. The van der Waals surface area contributed by atoms with Crippen molar-refractivity contribution in [3.05, 3.63) is 11.4 Å². The van der Waals surface area contributed by atoms with Gasteiger partial charge in [0.05, 0.1) is 5.97 Å². The van der Waals surface area contributed by atoms with Crippen LogP contribution < -0.4 is 5.11 Å². The van der Waals surface area contributed by atoms with E-state index in [1.54, 1.807) is 0 Å². The maximum absolute atomic E-state index is 10.2. The summed E-state index contributed by atoms with van der Waals surface area (Å²) in [5.74, 6) is -1.63. The molecule has 1 aromatic rings. The van der Waals surface area contributed by atoms with Crippen molar-refractivity contribution in [1.29, 1.82) is 10.5 Å². The van der Waals surface area contributed by atoms with Gasteiger partial charge in [0.15, 0.2) is 5.69 Å². The molecule has 0 saturated carbocycles. The second-order valence-electron chi connectivity index (χ2n) is 1.70. The number of carbonyl (C=O) groups is 1. The summed E-state index contributed by atoms with van der Waals surface area (Å²) in [6.45, 7) is 0. The van der Waals surface area contributed by atoms with Crippen molar-refractivity contribution in [2.24, 2.45) is 0 Å². The molecule has 8 heteroatoms. The van der Waals surface area contributed by atoms with Crippen LogP contribution in [0.2, 0.25) is 0 Å². The monoisotopic (exact) mass is 269 g/mol. The van der Waals surface area contributed by atoms with Crippen LogP contribution in [0.1, 0.15) is 16.2 Å². The number of carbonyl (C=O) groups excluding carboxylic acids is 1. The number of carboxylic acid groups (broad SMARTS) is 1. The number of aromatic nitrogens is 3. The van der Waals surface area contributed by atoms with E-state index in [2.05, 4.69) is 10.3 Å². The number of rotatable bonds is 1. The molecule has 0 atom stereocenters. The predicted molar refractivity (Wildman–Crippen MR) is 30.1 cm³/mol. The molecule has 0 aliphatic carbocycles. The van der Waals surface area contributed by atoms with Gasteiger partial charge >= 0.3 is 22.4 Å². The third-order valence-corrected chi connectivity index (χ3v) is 1.06. The van der Waals surface area contributed by atoms with E-state index in [4.69, 9.17) is 10.5 Å². The molecule has 68 valence electrons. The van der Waals surface area contributed by atoms with Crippen LogP contribution in [0.5, 0.6) is 0 Å².